The van der Waals surface area contributed by atoms with Crippen LogP contribution in [0.5, 0.6) is 0 Å². The molecule has 1 aromatic heterocycles. The Hall–Kier alpha value is -2.50. The SMILES string of the molecule is CCNC(=O)c1ccc(NCc2ncc(CC)o2)c(N)c1. The van der Waals surface area contributed by atoms with Crippen LogP contribution in [0.3, 0.4) is 0 Å². The molecule has 0 aliphatic rings. The van der Waals surface area contributed by atoms with Crippen molar-refractivity contribution in [3.05, 3.63) is 41.6 Å². The van der Waals surface area contributed by atoms with Gasteiger partial charge in [0.25, 0.3) is 5.91 Å². The maximum Gasteiger partial charge on any atom is 0.251 e. The Bertz CT molecular complexity index is 622. The summed E-state index contributed by atoms with van der Waals surface area (Å²) in [5.41, 5.74) is 7.77. The Morgan fingerprint density at radius 1 is 1.38 bits per heavy atom. The van der Waals surface area contributed by atoms with Gasteiger partial charge in [-0.05, 0) is 25.1 Å². The molecule has 4 N–H and O–H groups in total. The van der Waals surface area contributed by atoms with Crippen molar-refractivity contribution >= 4 is 17.3 Å². The third-order valence-electron chi connectivity index (χ3n) is 3.03. The first-order valence-electron chi connectivity index (χ1n) is 6.99. The van der Waals surface area contributed by atoms with Crippen molar-refractivity contribution < 1.29 is 9.21 Å². The van der Waals surface area contributed by atoms with E-state index in [0.29, 0.717) is 30.2 Å². The highest BCUT2D eigenvalue weighted by Crippen LogP contribution is 2.20. The van der Waals surface area contributed by atoms with E-state index in [1.165, 1.54) is 0 Å². The molecule has 0 spiro atoms. The van der Waals surface area contributed by atoms with E-state index in [1.54, 1.807) is 24.4 Å². The molecule has 6 nitrogen and oxygen atoms in total. The Balaban J connectivity index is 2.02. The Kier molecular flexibility index (Phi) is 4.81. The van der Waals surface area contributed by atoms with Gasteiger partial charge in [0.2, 0.25) is 5.89 Å². The maximum absolute atomic E-state index is 11.7. The molecule has 2 aromatic rings. The normalized spacial score (nSPS) is 10.4. The summed E-state index contributed by atoms with van der Waals surface area (Å²) in [4.78, 5) is 15.9. The van der Waals surface area contributed by atoms with Crippen molar-refractivity contribution in [2.24, 2.45) is 0 Å². The molecule has 1 aromatic carbocycles. The number of carbonyl (C=O) groups excluding carboxylic acids is 1. The zero-order chi connectivity index (χ0) is 15.2. The summed E-state index contributed by atoms with van der Waals surface area (Å²) in [6.07, 6.45) is 2.54. The first-order chi connectivity index (χ1) is 10.1. The number of anilines is 2. The van der Waals surface area contributed by atoms with Crippen LogP contribution in [-0.2, 0) is 13.0 Å². The topological polar surface area (TPSA) is 93.2 Å². The van der Waals surface area contributed by atoms with Crippen LogP contribution < -0.4 is 16.4 Å². The van der Waals surface area contributed by atoms with E-state index in [-0.39, 0.29) is 5.91 Å². The molecular weight excluding hydrogens is 268 g/mol. The number of amides is 1. The largest absolute Gasteiger partial charge is 0.444 e. The summed E-state index contributed by atoms with van der Waals surface area (Å²) in [5, 5.41) is 5.89. The number of nitrogens with two attached hydrogens (primary N) is 1. The Morgan fingerprint density at radius 3 is 2.81 bits per heavy atom. The second-order valence-electron chi connectivity index (χ2n) is 4.59. The van der Waals surface area contributed by atoms with Crippen LogP contribution in [0.2, 0.25) is 0 Å². The molecular formula is C15H20N4O2. The van der Waals surface area contributed by atoms with Gasteiger partial charge in [0, 0.05) is 18.5 Å². The molecule has 0 radical (unpaired) electrons. The molecule has 0 aliphatic heterocycles. The predicted molar refractivity (Wildman–Crippen MR) is 82.1 cm³/mol. The first kappa shape index (κ1) is 14.9. The molecule has 0 aliphatic carbocycles. The van der Waals surface area contributed by atoms with Crippen molar-refractivity contribution in [3.8, 4) is 0 Å². The summed E-state index contributed by atoms with van der Waals surface area (Å²) >= 11 is 0. The Labute approximate surface area is 123 Å². The van der Waals surface area contributed by atoms with Gasteiger partial charge in [0.05, 0.1) is 24.1 Å². The number of hydrogen-bond donors (Lipinski definition) is 3. The molecule has 0 saturated carbocycles. The number of nitrogen functional groups attached to an aromatic ring is 1. The number of nitrogens with zero attached hydrogens (tertiary/aromatic N) is 1. The highest BCUT2D eigenvalue weighted by Gasteiger charge is 2.08. The molecule has 1 heterocycles. The third-order valence-corrected chi connectivity index (χ3v) is 3.03. The van der Waals surface area contributed by atoms with E-state index in [2.05, 4.69) is 15.6 Å². The quantitative estimate of drug-likeness (QED) is 0.708. The van der Waals surface area contributed by atoms with Gasteiger partial charge in [-0.15, -0.1) is 0 Å². The molecule has 21 heavy (non-hydrogen) atoms. The van der Waals surface area contributed by atoms with E-state index >= 15 is 0 Å². The van der Waals surface area contributed by atoms with E-state index < -0.39 is 0 Å². The third kappa shape index (κ3) is 3.75. The summed E-state index contributed by atoms with van der Waals surface area (Å²) < 4.78 is 5.51. The monoisotopic (exact) mass is 288 g/mol. The molecule has 1 amide bonds. The average molecular weight is 288 g/mol. The zero-order valence-electron chi connectivity index (χ0n) is 12.3. The van der Waals surface area contributed by atoms with Gasteiger partial charge in [-0.25, -0.2) is 4.98 Å². The molecule has 112 valence electrons. The van der Waals surface area contributed by atoms with Crippen LogP contribution in [-0.4, -0.2) is 17.4 Å². The van der Waals surface area contributed by atoms with E-state index in [0.717, 1.165) is 17.9 Å². The lowest BCUT2D eigenvalue weighted by Gasteiger charge is -2.09. The fourth-order valence-electron chi connectivity index (χ4n) is 1.89. The van der Waals surface area contributed by atoms with Gasteiger partial charge in [-0.2, -0.15) is 0 Å². The minimum atomic E-state index is -0.129. The highest BCUT2D eigenvalue weighted by molar-refractivity contribution is 5.96. The average Bonchev–Trinajstić information content (AvgIpc) is 2.94. The molecule has 0 atom stereocenters. The minimum absolute atomic E-state index is 0.129. The highest BCUT2D eigenvalue weighted by atomic mass is 16.4. The van der Waals surface area contributed by atoms with Crippen LogP contribution in [0, 0.1) is 0 Å². The number of aromatic nitrogens is 1. The van der Waals surface area contributed by atoms with Gasteiger partial charge in [0.1, 0.15) is 5.76 Å². The van der Waals surface area contributed by atoms with Crippen LogP contribution in [0.15, 0.2) is 28.8 Å². The minimum Gasteiger partial charge on any atom is -0.444 e. The number of nitrogens with one attached hydrogen (secondary N) is 2. The van der Waals surface area contributed by atoms with Crippen LogP contribution >= 0.6 is 0 Å². The van der Waals surface area contributed by atoms with Crippen molar-refractivity contribution in [3.63, 3.8) is 0 Å². The van der Waals surface area contributed by atoms with E-state index in [9.17, 15) is 4.79 Å². The maximum atomic E-state index is 11.7. The van der Waals surface area contributed by atoms with Crippen LogP contribution in [0.25, 0.3) is 0 Å². The number of benzene rings is 1. The lowest BCUT2D eigenvalue weighted by Crippen LogP contribution is -2.22. The molecule has 6 heteroatoms. The van der Waals surface area contributed by atoms with Gasteiger partial charge < -0.3 is 20.8 Å². The smallest absolute Gasteiger partial charge is 0.251 e. The first-order valence-corrected chi connectivity index (χ1v) is 6.99. The van der Waals surface area contributed by atoms with Gasteiger partial charge in [0.15, 0.2) is 0 Å². The standard InChI is InChI=1S/C15H20N4O2/c1-3-11-8-19-14(21-11)9-18-13-6-5-10(7-12(13)16)15(20)17-4-2/h5-8,18H,3-4,9,16H2,1-2H3,(H,17,20). The summed E-state index contributed by atoms with van der Waals surface area (Å²) in [6, 6.07) is 5.17. The molecule has 0 bridgehead atoms. The predicted octanol–water partition coefficient (Wildman–Crippen LogP) is 2.18. The number of hydrogen-bond acceptors (Lipinski definition) is 5. The van der Waals surface area contributed by atoms with Crippen LogP contribution in [0.1, 0.15) is 35.9 Å². The molecule has 0 saturated heterocycles. The van der Waals surface area contributed by atoms with Crippen molar-refractivity contribution in [1.82, 2.24) is 10.3 Å². The lowest BCUT2D eigenvalue weighted by molar-refractivity contribution is 0.0956. The van der Waals surface area contributed by atoms with Gasteiger partial charge in [-0.3, -0.25) is 4.79 Å². The number of oxazole rings is 1. The van der Waals surface area contributed by atoms with E-state index in [4.69, 9.17) is 10.2 Å². The Morgan fingerprint density at radius 2 is 2.19 bits per heavy atom. The number of rotatable bonds is 6. The molecule has 0 fully saturated rings. The molecule has 0 unspecified atom stereocenters. The summed E-state index contributed by atoms with van der Waals surface area (Å²) in [7, 11) is 0. The number of carbonyl (C=O) groups is 1. The van der Waals surface area contributed by atoms with Crippen molar-refractivity contribution in [2.45, 2.75) is 26.8 Å². The summed E-state index contributed by atoms with van der Waals surface area (Å²) in [6.45, 7) is 4.92. The van der Waals surface area contributed by atoms with Gasteiger partial charge in [-0.1, -0.05) is 6.92 Å². The summed E-state index contributed by atoms with van der Waals surface area (Å²) in [5.74, 6) is 1.33. The van der Waals surface area contributed by atoms with Crippen molar-refractivity contribution in [2.75, 3.05) is 17.6 Å². The number of aryl methyl sites for hydroxylation is 1. The van der Waals surface area contributed by atoms with Crippen molar-refractivity contribution in [1.29, 1.82) is 0 Å². The second-order valence-corrected chi connectivity index (χ2v) is 4.59. The van der Waals surface area contributed by atoms with E-state index in [1.807, 2.05) is 13.8 Å². The van der Waals surface area contributed by atoms with Gasteiger partial charge >= 0.3 is 0 Å². The fourth-order valence-corrected chi connectivity index (χ4v) is 1.89. The molecule has 2 rings (SSSR count). The zero-order valence-corrected chi connectivity index (χ0v) is 12.3. The van der Waals surface area contributed by atoms with Crippen LogP contribution in [0.4, 0.5) is 11.4 Å². The fraction of sp³-hybridized carbons (Fsp3) is 0.333. The lowest BCUT2D eigenvalue weighted by atomic mass is 10.1. The second kappa shape index (κ2) is 6.78.